The molecule has 0 saturated carbocycles. The summed E-state index contributed by atoms with van der Waals surface area (Å²) >= 11 is 0. The van der Waals surface area contributed by atoms with Crippen LogP contribution in [0.3, 0.4) is 0 Å². The number of hydrogen-bond acceptors (Lipinski definition) is 4. The summed E-state index contributed by atoms with van der Waals surface area (Å²) in [6.45, 7) is 0. The Hall–Kier alpha value is -3.28. The molecule has 0 amide bonds. The van der Waals surface area contributed by atoms with Gasteiger partial charge in [-0.05, 0) is 30.3 Å². The summed E-state index contributed by atoms with van der Waals surface area (Å²) in [6.07, 6.45) is 1.60. The van der Waals surface area contributed by atoms with Crippen LogP contribution >= 0.6 is 0 Å². The van der Waals surface area contributed by atoms with Crippen molar-refractivity contribution in [2.45, 2.75) is 0 Å². The van der Waals surface area contributed by atoms with E-state index in [2.05, 4.69) is 10.1 Å². The lowest BCUT2D eigenvalue weighted by Gasteiger charge is -2.04. The number of hydrogen-bond donors (Lipinski definition) is 1. The van der Waals surface area contributed by atoms with Crippen LogP contribution in [-0.4, -0.2) is 29.0 Å². The van der Waals surface area contributed by atoms with E-state index in [0.717, 1.165) is 16.4 Å². The Morgan fingerprint density at radius 2 is 1.79 bits per heavy atom. The van der Waals surface area contributed by atoms with Crippen LogP contribution in [0.1, 0.15) is 0 Å². The van der Waals surface area contributed by atoms with E-state index in [4.69, 9.17) is 9.47 Å². The second kappa shape index (κ2) is 5.42. The minimum atomic E-state index is -0.157. The SMILES string of the molecule is COc1cccc(-n2[nH]c3c(cnc4ccc(OC)cc43)c2=O)c1. The first-order chi connectivity index (χ1) is 11.7. The Bertz CT molecular complexity index is 1110. The first kappa shape index (κ1) is 14.3. The molecule has 0 spiro atoms. The number of ether oxygens (including phenoxy) is 2. The molecule has 4 rings (SSSR count). The maximum Gasteiger partial charge on any atom is 0.280 e. The van der Waals surface area contributed by atoms with Gasteiger partial charge in [-0.2, -0.15) is 0 Å². The number of methoxy groups -OCH3 is 2. The van der Waals surface area contributed by atoms with Gasteiger partial charge in [0.25, 0.3) is 5.56 Å². The molecule has 1 N–H and O–H groups in total. The van der Waals surface area contributed by atoms with Gasteiger partial charge in [0.1, 0.15) is 11.5 Å². The number of H-pyrrole nitrogens is 1. The number of nitrogens with zero attached hydrogens (tertiary/aromatic N) is 2. The minimum absolute atomic E-state index is 0.157. The maximum atomic E-state index is 12.7. The number of aromatic nitrogens is 3. The van der Waals surface area contributed by atoms with Crippen molar-refractivity contribution in [1.29, 1.82) is 0 Å². The van der Waals surface area contributed by atoms with Crippen molar-refractivity contribution in [2.75, 3.05) is 14.2 Å². The first-order valence-electron chi connectivity index (χ1n) is 7.43. The second-order valence-corrected chi connectivity index (χ2v) is 5.38. The van der Waals surface area contributed by atoms with Crippen LogP contribution in [0, 0.1) is 0 Å². The molecule has 0 radical (unpaired) electrons. The van der Waals surface area contributed by atoms with Gasteiger partial charge in [-0.15, -0.1) is 0 Å². The molecule has 2 aromatic heterocycles. The topological polar surface area (TPSA) is 69.1 Å². The molecule has 0 aliphatic rings. The van der Waals surface area contributed by atoms with Gasteiger partial charge in [0, 0.05) is 17.6 Å². The Morgan fingerprint density at radius 1 is 1.00 bits per heavy atom. The van der Waals surface area contributed by atoms with Gasteiger partial charge in [-0.3, -0.25) is 14.9 Å². The summed E-state index contributed by atoms with van der Waals surface area (Å²) in [4.78, 5) is 17.1. The van der Waals surface area contributed by atoms with Crippen LogP contribution in [0.15, 0.2) is 53.5 Å². The Balaban J connectivity index is 2.02. The molecular weight excluding hydrogens is 306 g/mol. The van der Waals surface area contributed by atoms with E-state index >= 15 is 0 Å². The van der Waals surface area contributed by atoms with Gasteiger partial charge in [-0.25, -0.2) is 4.68 Å². The van der Waals surface area contributed by atoms with E-state index in [9.17, 15) is 4.79 Å². The number of benzene rings is 2. The molecule has 6 nitrogen and oxygen atoms in total. The van der Waals surface area contributed by atoms with Gasteiger partial charge >= 0.3 is 0 Å². The summed E-state index contributed by atoms with van der Waals surface area (Å²) in [6, 6.07) is 12.9. The van der Waals surface area contributed by atoms with Crippen molar-refractivity contribution >= 4 is 21.8 Å². The van der Waals surface area contributed by atoms with E-state index in [1.807, 2.05) is 36.4 Å². The third kappa shape index (κ3) is 2.11. The van der Waals surface area contributed by atoms with E-state index in [0.29, 0.717) is 22.6 Å². The molecule has 0 saturated heterocycles. The number of rotatable bonds is 3. The maximum absolute atomic E-state index is 12.7. The monoisotopic (exact) mass is 321 g/mol. The third-order valence-corrected chi connectivity index (χ3v) is 4.04. The Labute approximate surface area is 137 Å². The standard InChI is InChI=1S/C18H15N3O3/c1-23-12-5-3-4-11(8-12)21-18(22)15-10-19-16-7-6-13(24-2)9-14(16)17(15)20-21/h3-10,20H,1-2H3. The fourth-order valence-corrected chi connectivity index (χ4v) is 2.80. The van der Waals surface area contributed by atoms with Crippen LogP contribution in [0.4, 0.5) is 0 Å². The van der Waals surface area contributed by atoms with Gasteiger partial charge < -0.3 is 9.47 Å². The third-order valence-electron chi connectivity index (χ3n) is 4.04. The highest BCUT2D eigenvalue weighted by molar-refractivity contribution is 6.03. The van der Waals surface area contributed by atoms with Crippen molar-refractivity contribution in [3.8, 4) is 17.2 Å². The number of nitrogens with one attached hydrogen (secondary N) is 1. The predicted octanol–water partition coefficient (Wildman–Crippen LogP) is 2.88. The number of fused-ring (bicyclic) bond motifs is 3. The van der Waals surface area contributed by atoms with Crippen molar-refractivity contribution in [2.24, 2.45) is 0 Å². The van der Waals surface area contributed by atoms with Crippen molar-refractivity contribution < 1.29 is 9.47 Å². The predicted molar refractivity (Wildman–Crippen MR) is 92.3 cm³/mol. The zero-order valence-electron chi connectivity index (χ0n) is 13.2. The summed E-state index contributed by atoms with van der Waals surface area (Å²) in [5, 5.41) is 4.54. The molecule has 4 aromatic rings. The highest BCUT2D eigenvalue weighted by Crippen LogP contribution is 2.25. The molecule has 0 bridgehead atoms. The minimum Gasteiger partial charge on any atom is -0.497 e. The lowest BCUT2D eigenvalue weighted by molar-refractivity contribution is 0.414. The average molecular weight is 321 g/mol. The molecule has 0 unspecified atom stereocenters. The second-order valence-electron chi connectivity index (χ2n) is 5.38. The van der Waals surface area contributed by atoms with Gasteiger partial charge in [-0.1, -0.05) is 6.07 Å². The molecule has 0 aliphatic carbocycles. The number of pyridine rings is 1. The average Bonchev–Trinajstić information content (AvgIpc) is 2.98. The number of aromatic amines is 1. The molecule has 0 aliphatic heterocycles. The zero-order valence-corrected chi connectivity index (χ0v) is 13.2. The normalized spacial score (nSPS) is 11.1. The molecule has 24 heavy (non-hydrogen) atoms. The Morgan fingerprint density at radius 3 is 2.58 bits per heavy atom. The molecule has 120 valence electrons. The summed E-state index contributed by atoms with van der Waals surface area (Å²) < 4.78 is 12.0. The van der Waals surface area contributed by atoms with Gasteiger partial charge in [0.2, 0.25) is 0 Å². The molecule has 2 heterocycles. The molecular formula is C18H15N3O3. The fraction of sp³-hybridized carbons (Fsp3) is 0.111. The molecule has 0 fully saturated rings. The summed E-state index contributed by atoms with van der Waals surface area (Å²) in [5.41, 5.74) is 2.07. The largest absolute Gasteiger partial charge is 0.497 e. The van der Waals surface area contributed by atoms with E-state index in [1.54, 1.807) is 26.5 Å². The Kier molecular flexibility index (Phi) is 3.23. The fourth-order valence-electron chi connectivity index (χ4n) is 2.80. The van der Waals surface area contributed by atoms with Crippen LogP contribution in [-0.2, 0) is 0 Å². The van der Waals surface area contributed by atoms with Crippen LogP contribution in [0.2, 0.25) is 0 Å². The quantitative estimate of drug-likeness (QED) is 0.630. The van der Waals surface area contributed by atoms with Crippen LogP contribution in [0.5, 0.6) is 11.5 Å². The lowest BCUT2D eigenvalue weighted by atomic mass is 10.1. The van der Waals surface area contributed by atoms with Crippen molar-refractivity contribution in [1.82, 2.24) is 14.8 Å². The molecule has 6 heteroatoms. The first-order valence-corrected chi connectivity index (χ1v) is 7.43. The molecule has 0 atom stereocenters. The lowest BCUT2D eigenvalue weighted by Crippen LogP contribution is -2.14. The zero-order chi connectivity index (χ0) is 16.7. The van der Waals surface area contributed by atoms with Gasteiger partial charge in [0.15, 0.2) is 0 Å². The summed E-state index contributed by atoms with van der Waals surface area (Å²) in [5.74, 6) is 1.40. The van der Waals surface area contributed by atoms with E-state index in [-0.39, 0.29) is 5.56 Å². The van der Waals surface area contributed by atoms with Crippen LogP contribution < -0.4 is 15.0 Å². The highest BCUT2D eigenvalue weighted by atomic mass is 16.5. The molecule has 2 aromatic carbocycles. The van der Waals surface area contributed by atoms with Crippen molar-refractivity contribution in [3.63, 3.8) is 0 Å². The van der Waals surface area contributed by atoms with Gasteiger partial charge in [0.05, 0.1) is 36.3 Å². The highest BCUT2D eigenvalue weighted by Gasteiger charge is 2.13. The van der Waals surface area contributed by atoms with Crippen LogP contribution in [0.25, 0.3) is 27.5 Å². The summed E-state index contributed by atoms with van der Waals surface area (Å²) in [7, 11) is 3.20. The van der Waals surface area contributed by atoms with E-state index < -0.39 is 0 Å². The smallest absolute Gasteiger partial charge is 0.280 e. The van der Waals surface area contributed by atoms with Crippen molar-refractivity contribution in [3.05, 3.63) is 59.0 Å². The van der Waals surface area contributed by atoms with E-state index in [1.165, 1.54) is 4.68 Å².